The quantitative estimate of drug-likeness (QED) is 0.554. The molecule has 1 N–H and O–H groups in total. The van der Waals surface area contributed by atoms with Crippen molar-refractivity contribution in [3.05, 3.63) is 41.6 Å². The van der Waals surface area contributed by atoms with Gasteiger partial charge >= 0.3 is 0 Å². The molecule has 0 unspecified atom stereocenters. The third-order valence-corrected chi connectivity index (χ3v) is 4.57. The predicted octanol–water partition coefficient (Wildman–Crippen LogP) is 4.78. The summed E-state index contributed by atoms with van der Waals surface area (Å²) in [5.41, 5.74) is 2.83. The van der Waals surface area contributed by atoms with Gasteiger partial charge in [-0.3, -0.25) is 4.79 Å². The van der Waals surface area contributed by atoms with Crippen LogP contribution in [-0.2, 0) is 16.6 Å². The first kappa shape index (κ1) is 22.2. The van der Waals surface area contributed by atoms with E-state index in [9.17, 15) is 4.79 Å². The molecule has 8 heteroatoms. The molecule has 0 atom stereocenters. The third kappa shape index (κ3) is 5.06. The lowest BCUT2D eigenvalue weighted by molar-refractivity contribution is -0.128. The molecule has 156 valence electrons. The Morgan fingerprint density at radius 1 is 1.07 bits per heavy atom. The van der Waals surface area contributed by atoms with Crippen molar-refractivity contribution < 1.29 is 23.7 Å². The summed E-state index contributed by atoms with van der Waals surface area (Å²) in [6.45, 7) is 2.66. The molecule has 0 radical (unpaired) electrons. The Labute approximate surface area is 175 Å². The lowest BCUT2D eigenvalue weighted by Gasteiger charge is -2.15. The number of nitrogens with zero attached hydrogens (tertiary/aromatic N) is 1. The molecule has 0 aliphatic carbocycles. The van der Waals surface area contributed by atoms with Gasteiger partial charge in [0.05, 0.1) is 33.5 Å². The summed E-state index contributed by atoms with van der Waals surface area (Å²) >= 11 is 6.24. The van der Waals surface area contributed by atoms with E-state index in [2.05, 4.69) is 10.1 Å². The largest absolute Gasteiger partial charge is 0.493 e. The van der Waals surface area contributed by atoms with Gasteiger partial charge in [-0.05, 0) is 25.1 Å². The van der Waals surface area contributed by atoms with Crippen molar-refractivity contribution in [1.29, 1.82) is 0 Å². The molecule has 0 bridgehead atoms. The second kappa shape index (κ2) is 10.5. The molecule has 0 aliphatic rings. The molecule has 0 saturated heterocycles. The third-order valence-electron chi connectivity index (χ3n) is 4.21. The Kier molecular flexibility index (Phi) is 8.03. The van der Waals surface area contributed by atoms with Crippen LogP contribution in [0.3, 0.4) is 0 Å². The van der Waals surface area contributed by atoms with Crippen LogP contribution in [0.5, 0.6) is 17.2 Å². The number of aromatic nitrogens is 1. The van der Waals surface area contributed by atoms with Crippen molar-refractivity contribution in [3.63, 3.8) is 0 Å². The maximum Gasteiger partial charge on any atom is 0.293 e. The minimum atomic E-state index is 0.431. The van der Waals surface area contributed by atoms with Crippen LogP contribution in [0.25, 0.3) is 10.9 Å². The van der Waals surface area contributed by atoms with E-state index in [1.807, 2.05) is 48.0 Å². The van der Waals surface area contributed by atoms with Gasteiger partial charge in [-0.2, -0.15) is 0 Å². The van der Waals surface area contributed by atoms with Gasteiger partial charge in [0.2, 0.25) is 5.75 Å². The number of carbonyl (C=O) groups excluding carboxylic acids is 1. The number of carbonyl (C=O) groups is 1. The topological polar surface area (TPSA) is 71.0 Å². The lowest BCUT2D eigenvalue weighted by atomic mass is 10.2. The molecule has 1 heterocycles. The molecule has 3 aromatic rings. The first-order chi connectivity index (χ1) is 14.0. The van der Waals surface area contributed by atoms with Gasteiger partial charge in [0.1, 0.15) is 5.15 Å². The number of halogens is 1. The van der Waals surface area contributed by atoms with Crippen LogP contribution in [0.4, 0.5) is 11.4 Å². The monoisotopic (exact) mass is 420 g/mol. The number of hydrogen-bond donors (Lipinski definition) is 1. The molecule has 2 aromatic carbocycles. The van der Waals surface area contributed by atoms with Crippen LogP contribution in [0.1, 0.15) is 6.92 Å². The van der Waals surface area contributed by atoms with Crippen molar-refractivity contribution in [2.75, 3.05) is 33.3 Å². The van der Waals surface area contributed by atoms with Crippen LogP contribution in [-0.4, -0.2) is 39.0 Å². The van der Waals surface area contributed by atoms with Gasteiger partial charge < -0.3 is 28.8 Å². The van der Waals surface area contributed by atoms with Crippen molar-refractivity contribution in [1.82, 2.24) is 4.57 Å². The zero-order chi connectivity index (χ0) is 21.4. The molecule has 29 heavy (non-hydrogen) atoms. The molecule has 7 nitrogen and oxygen atoms in total. The minimum absolute atomic E-state index is 0.431. The van der Waals surface area contributed by atoms with Gasteiger partial charge in [0.15, 0.2) is 11.5 Å². The number of fused-ring (bicyclic) bond motifs is 1. The summed E-state index contributed by atoms with van der Waals surface area (Å²) in [6.07, 6.45) is 0. The number of aryl methyl sites for hydroxylation is 1. The highest BCUT2D eigenvalue weighted by Gasteiger charge is 2.14. The minimum Gasteiger partial charge on any atom is -0.493 e. The fourth-order valence-corrected chi connectivity index (χ4v) is 3.01. The van der Waals surface area contributed by atoms with Crippen molar-refractivity contribution in [2.45, 2.75) is 6.92 Å². The van der Waals surface area contributed by atoms with E-state index in [1.165, 1.54) is 0 Å². The highest BCUT2D eigenvalue weighted by molar-refractivity contribution is 6.31. The summed E-state index contributed by atoms with van der Waals surface area (Å²) in [4.78, 5) is 9.18. The Bertz CT molecular complexity index is 946. The Morgan fingerprint density at radius 3 is 2.21 bits per heavy atom. The second-order valence-electron chi connectivity index (χ2n) is 5.86. The van der Waals surface area contributed by atoms with Crippen LogP contribution in [0.2, 0.25) is 5.15 Å². The highest BCUT2D eigenvalue weighted by Crippen LogP contribution is 2.41. The van der Waals surface area contributed by atoms with Crippen LogP contribution in [0, 0.1) is 0 Å². The van der Waals surface area contributed by atoms with E-state index in [1.54, 1.807) is 28.3 Å². The summed E-state index contributed by atoms with van der Waals surface area (Å²) in [5.74, 6) is 1.75. The van der Waals surface area contributed by atoms with E-state index in [-0.39, 0.29) is 0 Å². The zero-order valence-corrected chi connectivity index (χ0v) is 17.9. The normalized spacial score (nSPS) is 10.0. The zero-order valence-electron chi connectivity index (χ0n) is 17.1. The molecule has 0 amide bonds. The molecule has 0 fully saturated rings. The molecular formula is C21H25ClN2O5. The van der Waals surface area contributed by atoms with E-state index >= 15 is 0 Å². The number of nitrogens with one attached hydrogen (secondary N) is 1. The van der Waals surface area contributed by atoms with E-state index < -0.39 is 0 Å². The predicted molar refractivity (Wildman–Crippen MR) is 115 cm³/mol. The number of ether oxygens (including phenoxy) is 4. The maximum atomic E-state index is 9.18. The average Bonchev–Trinajstić information content (AvgIpc) is 3.03. The summed E-state index contributed by atoms with van der Waals surface area (Å²) < 4.78 is 22.2. The molecule has 0 aliphatic heterocycles. The Morgan fingerprint density at radius 2 is 1.72 bits per heavy atom. The number of methoxy groups -OCH3 is 3. The van der Waals surface area contributed by atoms with Gasteiger partial charge in [-0.15, -0.1) is 0 Å². The fraction of sp³-hybridized carbons (Fsp3) is 0.286. The first-order valence-corrected chi connectivity index (χ1v) is 9.24. The molecule has 1 aromatic heterocycles. The summed E-state index contributed by atoms with van der Waals surface area (Å²) in [5, 5.41) is 5.13. The van der Waals surface area contributed by atoms with Gasteiger partial charge in [-0.25, -0.2) is 0 Å². The van der Waals surface area contributed by atoms with Crippen LogP contribution < -0.4 is 19.5 Å². The average molecular weight is 421 g/mol. The number of anilines is 2. The standard InChI is InChI=1S/C18H19ClN2O3.C3H6O2/c1-21-14-7-5-6-13(12(14)10-17(21)19)20-11-8-15(22-2)18(24-4)16(9-11)23-3;1-2-5-3-4/h5-10,20H,1-4H3;3H,2H2,1H3. The van der Waals surface area contributed by atoms with E-state index in [4.69, 9.17) is 25.8 Å². The molecule has 0 spiro atoms. The van der Waals surface area contributed by atoms with Crippen LogP contribution in [0.15, 0.2) is 36.4 Å². The summed E-state index contributed by atoms with van der Waals surface area (Å²) in [6, 6.07) is 11.7. The SMILES string of the molecule is CCOC=O.COc1cc(Nc2cccc3c2cc(Cl)n3C)cc(OC)c1OC. The highest BCUT2D eigenvalue weighted by atomic mass is 35.5. The number of rotatable bonds is 7. The van der Waals surface area contributed by atoms with E-state index in [0.717, 1.165) is 22.3 Å². The second-order valence-corrected chi connectivity index (χ2v) is 6.24. The fourth-order valence-electron chi connectivity index (χ4n) is 2.81. The lowest BCUT2D eigenvalue weighted by Crippen LogP contribution is -1.98. The van der Waals surface area contributed by atoms with Crippen molar-refractivity contribution >= 4 is 40.4 Å². The summed E-state index contributed by atoms with van der Waals surface area (Å²) in [7, 11) is 6.71. The van der Waals surface area contributed by atoms with Gasteiger partial charge in [0.25, 0.3) is 6.47 Å². The molecule has 0 saturated carbocycles. The first-order valence-electron chi connectivity index (χ1n) is 8.86. The van der Waals surface area contributed by atoms with Crippen molar-refractivity contribution in [3.8, 4) is 17.2 Å². The number of hydrogen-bond acceptors (Lipinski definition) is 6. The Balaban J connectivity index is 0.000000537. The number of benzene rings is 2. The molecular weight excluding hydrogens is 396 g/mol. The molecule has 3 rings (SSSR count). The Hall–Kier alpha value is -3.06. The van der Waals surface area contributed by atoms with Crippen LogP contribution >= 0.6 is 11.6 Å². The van der Waals surface area contributed by atoms with Gasteiger partial charge in [0, 0.05) is 35.9 Å². The maximum absolute atomic E-state index is 9.18. The van der Waals surface area contributed by atoms with E-state index in [0.29, 0.717) is 35.5 Å². The smallest absolute Gasteiger partial charge is 0.293 e. The van der Waals surface area contributed by atoms with Gasteiger partial charge in [-0.1, -0.05) is 17.7 Å². The van der Waals surface area contributed by atoms with Crippen molar-refractivity contribution in [2.24, 2.45) is 7.05 Å².